The number of ether oxygens (including phenoxy) is 19. The van der Waals surface area contributed by atoms with Crippen molar-refractivity contribution in [3.05, 3.63) is 0 Å². The maximum atomic E-state index is 12.6. The molecule has 50 nitrogen and oxygen atoms in total. The molecule has 10 aliphatic heterocycles. The standard InChI is InChI=1S/C61H108N4O46/c1-12-27(74)45(17(6-70)95-52(12)92)105-54-24(63)35(82)48(20(9-73)100-54)108-59-44(91)49(109-61-51(40(87)31(78)16(5-69)99-61)111-56-26(65)37(84)47(19(8-72)102-56)107-58-43(90)39(86)30(77)15(4-68)98-58)33(80)22(103-59)11-94-60-50(41(88)32(79)21(104-60)10-93-53-23(62)34(81)28(75)13(2-66)96-53)110-55-25(64)36(83)46(18(7-71)101-55)106-57-42(89)38(85)29(76)14(3-67)97-57/h12-61,66-92H,2-11,62-65H2,1H3/t12-,13?,14?,15?,16?,17?,18?,19?,20?,21?,22?,23-,24-,25-,26-,27?,28+,29-,30-,31-,32+,33+,34?,35?,36?,37?,38?,39?,40?,41?,42-,43-,44+,45+,46+,47+,48+,49?,50?,51-,52?,53+,54-,55-,56-,57-,58-,59-,60-,61-/m0/s1. The Morgan fingerprint density at radius 1 is 0.207 bits per heavy atom. The van der Waals surface area contributed by atoms with Crippen LogP contribution in [0.3, 0.4) is 0 Å². The highest BCUT2D eigenvalue weighted by Crippen LogP contribution is 2.40. The van der Waals surface area contributed by atoms with Crippen LogP contribution in [0.25, 0.3) is 0 Å². The van der Waals surface area contributed by atoms with Gasteiger partial charge in [0.15, 0.2) is 62.9 Å². The molecule has 0 amide bonds. The molecule has 111 heavy (non-hydrogen) atoms. The van der Waals surface area contributed by atoms with Crippen molar-refractivity contribution in [2.45, 2.75) is 308 Å². The van der Waals surface area contributed by atoms with Crippen LogP contribution in [0.5, 0.6) is 0 Å². The van der Waals surface area contributed by atoms with Crippen molar-refractivity contribution in [1.82, 2.24) is 0 Å². The van der Waals surface area contributed by atoms with Gasteiger partial charge in [0.1, 0.15) is 208 Å². The zero-order valence-corrected chi connectivity index (χ0v) is 59.1. The first-order valence-electron chi connectivity index (χ1n) is 35.8. The van der Waals surface area contributed by atoms with E-state index in [2.05, 4.69) is 0 Å². The maximum absolute atomic E-state index is 12.6. The van der Waals surface area contributed by atoms with Crippen LogP contribution >= 0.6 is 0 Å². The van der Waals surface area contributed by atoms with E-state index in [1.165, 1.54) is 6.92 Å². The Morgan fingerprint density at radius 3 is 0.883 bits per heavy atom. The van der Waals surface area contributed by atoms with Gasteiger partial charge in [0.2, 0.25) is 0 Å². The molecule has 648 valence electrons. The summed E-state index contributed by atoms with van der Waals surface area (Å²) in [6.45, 7) is -8.65. The largest absolute Gasteiger partial charge is 0.394 e. The van der Waals surface area contributed by atoms with Gasteiger partial charge in [-0.3, -0.25) is 0 Å². The van der Waals surface area contributed by atoms with Gasteiger partial charge in [-0.25, -0.2) is 0 Å². The number of rotatable bonds is 28. The van der Waals surface area contributed by atoms with Gasteiger partial charge in [0.25, 0.3) is 0 Å². The monoisotopic (exact) mass is 1630 g/mol. The molecule has 0 saturated carbocycles. The van der Waals surface area contributed by atoms with E-state index in [1.54, 1.807) is 0 Å². The summed E-state index contributed by atoms with van der Waals surface area (Å²) in [5.41, 5.74) is 25.5. The molecule has 0 radical (unpaired) electrons. The second kappa shape index (κ2) is 39.5. The molecule has 0 spiro atoms. The van der Waals surface area contributed by atoms with E-state index in [0.717, 1.165) is 0 Å². The fraction of sp³-hybridized carbons (Fsp3) is 1.00. The van der Waals surface area contributed by atoms with E-state index in [-0.39, 0.29) is 0 Å². The van der Waals surface area contributed by atoms with Gasteiger partial charge < -0.3 is 251 Å². The van der Waals surface area contributed by atoms with Gasteiger partial charge >= 0.3 is 0 Å². The van der Waals surface area contributed by atoms with Crippen molar-refractivity contribution in [2.24, 2.45) is 28.9 Å². The van der Waals surface area contributed by atoms with Crippen LogP contribution in [0.15, 0.2) is 0 Å². The summed E-state index contributed by atoms with van der Waals surface area (Å²) >= 11 is 0. The first kappa shape index (κ1) is 91.3. The highest BCUT2D eigenvalue weighted by molar-refractivity contribution is 5.04. The van der Waals surface area contributed by atoms with Gasteiger partial charge in [-0.15, -0.1) is 0 Å². The molecule has 35 N–H and O–H groups in total. The molecule has 22 unspecified atom stereocenters. The molecule has 0 aromatic heterocycles. The Kier molecular flexibility index (Phi) is 32.5. The van der Waals surface area contributed by atoms with Gasteiger partial charge in [-0.1, -0.05) is 6.92 Å². The van der Waals surface area contributed by atoms with E-state index < -0.39 is 373 Å². The highest BCUT2D eigenvalue weighted by atomic mass is 16.8. The molecular formula is C61H108N4O46. The van der Waals surface area contributed by atoms with Crippen LogP contribution in [0.2, 0.25) is 0 Å². The second-order valence-corrected chi connectivity index (χ2v) is 28.8. The van der Waals surface area contributed by atoms with Crippen molar-refractivity contribution in [2.75, 3.05) is 66.1 Å². The van der Waals surface area contributed by atoms with Crippen LogP contribution in [-0.4, -0.2) is 505 Å². The minimum absolute atomic E-state index is 0.842. The first-order chi connectivity index (χ1) is 52.6. The topological polar surface area (TPSA) is 826 Å². The van der Waals surface area contributed by atoms with Gasteiger partial charge in [0, 0.05) is 5.92 Å². The fourth-order valence-corrected chi connectivity index (χ4v) is 14.5. The zero-order valence-electron chi connectivity index (χ0n) is 59.1. The van der Waals surface area contributed by atoms with Crippen LogP contribution in [0, 0.1) is 5.92 Å². The third-order valence-electron chi connectivity index (χ3n) is 21.5. The number of hydrogen-bond acceptors (Lipinski definition) is 50. The number of hydrogen-bond donors (Lipinski definition) is 31. The maximum Gasteiger partial charge on any atom is 0.187 e. The predicted octanol–water partition coefficient (Wildman–Crippen LogP) is -21.7. The molecule has 0 bridgehead atoms. The number of aliphatic hydroxyl groups is 27. The molecule has 0 aliphatic carbocycles. The van der Waals surface area contributed by atoms with Crippen molar-refractivity contribution in [3.8, 4) is 0 Å². The summed E-state index contributed by atoms with van der Waals surface area (Å²) in [6.07, 6.45) is -88.1. The second-order valence-electron chi connectivity index (χ2n) is 28.8. The highest BCUT2D eigenvalue weighted by Gasteiger charge is 2.61. The van der Waals surface area contributed by atoms with Gasteiger partial charge in [-0.2, -0.15) is 0 Å². The van der Waals surface area contributed by atoms with Crippen molar-refractivity contribution in [3.63, 3.8) is 0 Å². The minimum atomic E-state index is -2.49. The molecule has 0 aromatic rings. The summed E-state index contributed by atoms with van der Waals surface area (Å²) in [5.74, 6) is -1.05. The molecule has 10 aliphatic rings. The van der Waals surface area contributed by atoms with Crippen molar-refractivity contribution in [1.29, 1.82) is 0 Å². The smallest absolute Gasteiger partial charge is 0.187 e. The Hall–Kier alpha value is -2.00. The first-order valence-corrected chi connectivity index (χ1v) is 35.8. The molecule has 10 saturated heterocycles. The Morgan fingerprint density at radius 2 is 0.468 bits per heavy atom. The molecule has 0 aromatic carbocycles. The summed E-state index contributed by atoms with van der Waals surface area (Å²) in [7, 11) is 0. The van der Waals surface area contributed by atoms with E-state index in [1.807, 2.05) is 0 Å². The quantitative estimate of drug-likeness (QED) is 0.0346. The average Bonchev–Trinajstić information content (AvgIpc) is 0.776. The lowest BCUT2D eigenvalue weighted by Crippen LogP contribution is -2.70. The molecule has 50 atom stereocenters. The predicted molar refractivity (Wildman–Crippen MR) is 341 cm³/mol. The molecule has 10 rings (SSSR count). The molecule has 10 fully saturated rings. The van der Waals surface area contributed by atoms with Gasteiger partial charge in [-0.05, 0) is 0 Å². The average molecular weight is 1630 g/mol. The number of nitrogens with two attached hydrogens (primary N) is 4. The molecule has 10 heterocycles. The Labute approximate surface area is 629 Å². The SMILES string of the molecule is C[C@@H]1C(O)OC(CO)[C@@H](O[C@@H]2OC(CO)[C@@H](O[C@@H]3OC(CO[C@H]4OC(CO[C@@H]5OC(CO)[C@@H](O)C(O)[C@@H]5N)[C@@H](O)C(O)C4O[C@@H]4OC(CO)[C@@H](O[C@@H]5OC(CO)[C@H](O)C(O)[C@@H]5O)C(O)[C@@H]4N)[C@@H](O)C(O[C@@H]4OC(CO)[C@H](O)C(O)[C@@H]4O[C@@H]4OC(CO)[C@@H](O[C@@H]5OC(CO)[C@H](O)C(O)[C@@H]5O)C(O)[C@@H]4N)[C@H]3O)C(O)[C@@H]2N)C1O. The minimum Gasteiger partial charge on any atom is -0.394 e. The normalized spacial score (nSPS) is 53.7. The Bertz CT molecular complexity index is 2800. The summed E-state index contributed by atoms with van der Waals surface area (Å²) in [6, 6.07) is -7.10. The summed E-state index contributed by atoms with van der Waals surface area (Å²) in [5, 5.41) is 296. The molecule has 50 heteroatoms. The van der Waals surface area contributed by atoms with E-state index >= 15 is 0 Å². The zero-order chi connectivity index (χ0) is 81.4. The van der Waals surface area contributed by atoms with Crippen molar-refractivity contribution < 1.29 is 228 Å². The third kappa shape index (κ3) is 19.1. The summed E-state index contributed by atoms with van der Waals surface area (Å²) in [4.78, 5) is 0. The lowest BCUT2D eigenvalue weighted by Gasteiger charge is -2.51. The van der Waals surface area contributed by atoms with Crippen LogP contribution in [0.4, 0.5) is 0 Å². The van der Waals surface area contributed by atoms with Crippen LogP contribution in [-0.2, 0) is 90.0 Å². The number of aliphatic hydroxyl groups excluding tert-OH is 27. The molecular weight excluding hydrogens is 1520 g/mol. The fourth-order valence-electron chi connectivity index (χ4n) is 14.5. The van der Waals surface area contributed by atoms with E-state index in [0.29, 0.717) is 0 Å². The van der Waals surface area contributed by atoms with E-state index in [4.69, 9.17) is 113 Å². The van der Waals surface area contributed by atoms with Gasteiger partial charge in [0.05, 0.1) is 96.3 Å². The van der Waals surface area contributed by atoms with E-state index in [9.17, 15) is 138 Å². The van der Waals surface area contributed by atoms with Crippen LogP contribution < -0.4 is 22.9 Å². The lowest BCUT2D eigenvalue weighted by molar-refractivity contribution is -0.398. The van der Waals surface area contributed by atoms with Crippen LogP contribution in [0.1, 0.15) is 6.92 Å². The van der Waals surface area contributed by atoms with Crippen molar-refractivity contribution >= 4 is 0 Å². The Balaban J connectivity index is 0.955. The lowest BCUT2D eigenvalue weighted by atomic mass is 9.91. The third-order valence-corrected chi connectivity index (χ3v) is 21.5. The summed E-state index contributed by atoms with van der Waals surface area (Å²) < 4.78 is 112.